The Morgan fingerprint density at radius 1 is 1.62 bits per heavy atom. The highest BCUT2D eigenvalue weighted by Gasteiger charge is 2.03. The highest BCUT2D eigenvalue weighted by atomic mass is 16.1. The predicted octanol–water partition coefficient (Wildman–Crippen LogP) is 0.921. The van der Waals surface area contributed by atoms with Gasteiger partial charge in [0, 0.05) is 17.8 Å². The van der Waals surface area contributed by atoms with Gasteiger partial charge in [0.1, 0.15) is 5.82 Å². The number of primary amides is 1. The Morgan fingerprint density at radius 3 is 2.85 bits per heavy atom. The maximum atomic E-state index is 10.9. The van der Waals surface area contributed by atoms with Gasteiger partial charge in [-0.1, -0.05) is 0 Å². The summed E-state index contributed by atoms with van der Waals surface area (Å²) >= 11 is 0. The Morgan fingerprint density at radius 2 is 2.31 bits per heavy atom. The van der Waals surface area contributed by atoms with Gasteiger partial charge in [-0.2, -0.15) is 0 Å². The van der Waals surface area contributed by atoms with Gasteiger partial charge in [0.05, 0.1) is 0 Å². The molecule has 3 N–H and O–H groups in total. The highest BCUT2D eigenvalue weighted by molar-refractivity contribution is 5.93. The molecule has 1 rings (SSSR count). The van der Waals surface area contributed by atoms with Crippen LogP contribution in [-0.2, 0) is 0 Å². The number of hydrogen-bond acceptors (Lipinski definition) is 3. The average molecular weight is 179 g/mol. The summed E-state index contributed by atoms with van der Waals surface area (Å²) in [5.41, 5.74) is 6.43. The van der Waals surface area contributed by atoms with Gasteiger partial charge in [0.15, 0.2) is 0 Å². The molecule has 0 fully saturated rings. The molecule has 0 radical (unpaired) electrons. The molecule has 0 atom stereocenters. The van der Waals surface area contributed by atoms with Crippen molar-refractivity contribution in [1.82, 2.24) is 4.98 Å². The zero-order valence-electron chi connectivity index (χ0n) is 7.79. The van der Waals surface area contributed by atoms with Crippen LogP contribution in [0.15, 0.2) is 12.1 Å². The molecule has 0 aromatic carbocycles. The minimum Gasteiger partial charge on any atom is -0.370 e. The van der Waals surface area contributed by atoms with Gasteiger partial charge in [-0.3, -0.25) is 4.79 Å². The smallest absolute Gasteiger partial charge is 0.248 e. The number of carbonyl (C=O) groups excluding carboxylic acids is 1. The van der Waals surface area contributed by atoms with E-state index in [2.05, 4.69) is 10.3 Å². The number of amides is 1. The molecule has 1 heterocycles. The number of rotatable bonds is 3. The number of nitrogens with two attached hydrogens (primary N) is 1. The lowest BCUT2D eigenvalue weighted by Gasteiger charge is -2.04. The summed E-state index contributed by atoms with van der Waals surface area (Å²) in [5, 5.41) is 3.02. The van der Waals surface area contributed by atoms with Crippen molar-refractivity contribution in [2.24, 2.45) is 5.73 Å². The summed E-state index contributed by atoms with van der Waals surface area (Å²) in [6, 6.07) is 3.32. The molecule has 0 saturated carbocycles. The third kappa shape index (κ3) is 2.43. The van der Waals surface area contributed by atoms with Crippen LogP contribution in [-0.4, -0.2) is 17.4 Å². The third-order valence-electron chi connectivity index (χ3n) is 1.60. The lowest BCUT2D eigenvalue weighted by Crippen LogP contribution is -2.12. The largest absolute Gasteiger partial charge is 0.370 e. The van der Waals surface area contributed by atoms with Crippen LogP contribution < -0.4 is 11.1 Å². The molecule has 4 nitrogen and oxygen atoms in total. The molecule has 0 aliphatic rings. The SMILES string of the molecule is CCNc1cc(C(N)=O)cc(C)n1. The van der Waals surface area contributed by atoms with Crippen LogP contribution in [0.4, 0.5) is 5.82 Å². The first-order valence-electron chi connectivity index (χ1n) is 4.16. The van der Waals surface area contributed by atoms with Crippen LogP contribution in [0.2, 0.25) is 0 Å². The predicted molar refractivity (Wildman–Crippen MR) is 51.7 cm³/mol. The molecule has 0 bridgehead atoms. The number of carbonyl (C=O) groups is 1. The van der Waals surface area contributed by atoms with Crippen molar-refractivity contribution in [2.75, 3.05) is 11.9 Å². The van der Waals surface area contributed by atoms with Gasteiger partial charge in [-0.25, -0.2) is 4.98 Å². The molecule has 4 heteroatoms. The first kappa shape index (κ1) is 9.51. The first-order chi connectivity index (χ1) is 6.13. The van der Waals surface area contributed by atoms with E-state index in [1.807, 2.05) is 13.8 Å². The molecule has 0 spiro atoms. The van der Waals surface area contributed by atoms with Crippen LogP contribution in [0, 0.1) is 6.92 Å². The Balaban J connectivity index is 3.03. The monoisotopic (exact) mass is 179 g/mol. The molecule has 0 unspecified atom stereocenters. The lowest BCUT2D eigenvalue weighted by molar-refractivity contribution is 0.1000. The van der Waals surface area contributed by atoms with Crippen molar-refractivity contribution in [2.45, 2.75) is 13.8 Å². The average Bonchev–Trinajstić information content (AvgIpc) is 2.03. The van der Waals surface area contributed by atoms with Gasteiger partial charge in [-0.15, -0.1) is 0 Å². The summed E-state index contributed by atoms with van der Waals surface area (Å²) in [5.74, 6) is 0.265. The Bertz CT molecular complexity index is 323. The summed E-state index contributed by atoms with van der Waals surface area (Å²) in [6.07, 6.45) is 0. The molecular weight excluding hydrogens is 166 g/mol. The van der Waals surface area contributed by atoms with Crippen molar-refractivity contribution in [3.05, 3.63) is 23.4 Å². The highest BCUT2D eigenvalue weighted by Crippen LogP contribution is 2.08. The quantitative estimate of drug-likeness (QED) is 0.725. The van der Waals surface area contributed by atoms with E-state index in [0.29, 0.717) is 11.4 Å². The molecule has 1 aromatic heterocycles. The van der Waals surface area contributed by atoms with E-state index >= 15 is 0 Å². The summed E-state index contributed by atoms with van der Waals surface area (Å²) in [7, 11) is 0. The summed E-state index contributed by atoms with van der Waals surface area (Å²) in [4.78, 5) is 15.1. The van der Waals surface area contributed by atoms with Crippen molar-refractivity contribution in [3.8, 4) is 0 Å². The van der Waals surface area contributed by atoms with Crippen molar-refractivity contribution in [1.29, 1.82) is 0 Å². The molecule has 70 valence electrons. The molecule has 0 aliphatic carbocycles. The van der Waals surface area contributed by atoms with Gasteiger partial charge in [0.25, 0.3) is 0 Å². The number of hydrogen-bond donors (Lipinski definition) is 2. The van der Waals surface area contributed by atoms with Gasteiger partial charge >= 0.3 is 0 Å². The van der Waals surface area contributed by atoms with E-state index in [4.69, 9.17) is 5.73 Å². The van der Waals surface area contributed by atoms with E-state index in [1.54, 1.807) is 12.1 Å². The van der Waals surface area contributed by atoms with Gasteiger partial charge in [0.2, 0.25) is 5.91 Å². The lowest BCUT2D eigenvalue weighted by atomic mass is 10.2. The minimum absolute atomic E-state index is 0.426. The Kier molecular flexibility index (Phi) is 2.84. The molecule has 13 heavy (non-hydrogen) atoms. The van der Waals surface area contributed by atoms with E-state index in [-0.39, 0.29) is 0 Å². The Hall–Kier alpha value is -1.58. The van der Waals surface area contributed by atoms with Crippen LogP contribution in [0.25, 0.3) is 0 Å². The van der Waals surface area contributed by atoms with Crippen molar-refractivity contribution >= 4 is 11.7 Å². The van der Waals surface area contributed by atoms with Gasteiger partial charge in [-0.05, 0) is 26.0 Å². The van der Waals surface area contributed by atoms with Crippen LogP contribution in [0.1, 0.15) is 23.0 Å². The molecule has 1 amide bonds. The number of nitrogens with one attached hydrogen (secondary N) is 1. The molecular formula is C9H13N3O. The zero-order chi connectivity index (χ0) is 9.84. The number of nitrogens with zero attached hydrogens (tertiary/aromatic N) is 1. The first-order valence-corrected chi connectivity index (χ1v) is 4.16. The van der Waals surface area contributed by atoms with Crippen LogP contribution in [0.5, 0.6) is 0 Å². The second kappa shape index (κ2) is 3.89. The number of pyridine rings is 1. The van der Waals surface area contributed by atoms with Crippen LogP contribution >= 0.6 is 0 Å². The van der Waals surface area contributed by atoms with Crippen LogP contribution in [0.3, 0.4) is 0 Å². The fourth-order valence-corrected chi connectivity index (χ4v) is 1.08. The topological polar surface area (TPSA) is 68.0 Å². The van der Waals surface area contributed by atoms with E-state index < -0.39 is 5.91 Å². The number of aromatic nitrogens is 1. The van der Waals surface area contributed by atoms with E-state index in [1.165, 1.54) is 0 Å². The van der Waals surface area contributed by atoms with Crippen molar-refractivity contribution < 1.29 is 4.79 Å². The molecule has 0 saturated heterocycles. The van der Waals surface area contributed by atoms with Crippen molar-refractivity contribution in [3.63, 3.8) is 0 Å². The third-order valence-corrected chi connectivity index (χ3v) is 1.60. The maximum Gasteiger partial charge on any atom is 0.248 e. The Labute approximate surface area is 77.2 Å². The summed E-state index contributed by atoms with van der Waals surface area (Å²) < 4.78 is 0. The number of aryl methyl sites for hydroxylation is 1. The standard InChI is InChI=1S/C9H13N3O/c1-3-11-8-5-7(9(10)13)4-6(2)12-8/h4-5H,3H2,1-2H3,(H2,10,13)(H,11,12). The fourth-order valence-electron chi connectivity index (χ4n) is 1.08. The molecule has 0 aliphatic heterocycles. The number of anilines is 1. The second-order valence-electron chi connectivity index (χ2n) is 2.78. The zero-order valence-corrected chi connectivity index (χ0v) is 7.79. The van der Waals surface area contributed by atoms with Gasteiger partial charge < -0.3 is 11.1 Å². The van der Waals surface area contributed by atoms with E-state index in [9.17, 15) is 4.79 Å². The van der Waals surface area contributed by atoms with E-state index in [0.717, 1.165) is 12.2 Å². The minimum atomic E-state index is -0.426. The normalized spacial score (nSPS) is 9.69. The summed E-state index contributed by atoms with van der Waals surface area (Å²) in [6.45, 7) is 4.57. The maximum absolute atomic E-state index is 10.9. The molecule has 1 aromatic rings. The fraction of sp³-hybridized carbons (Fsp3) is 0.333. The second-order valence-corrected chi connectivity index (χ2v) is 2.78.